The van der Waals surface area contributed by atoms with Crippen LogP contribution in [0.5, 0.6) is 5.75 Å². The molecule has 1 fully saturated rings. The second-order valence-electron chi connectivity index (χ2n) is 7.06. The normalized spacial score (nSPS) is 15.8. The molecule has 142 valence electrons. The summed E-state index contributed by atoms with van der Waals surface area (Å²) >= 11 is 0. The molecule has 6 nitrogen and oxygen atoms in total. The first kappa shape index (κ1) is 20.3. The topological polar surface area (TPSA) is 68.2 Å². The van der Waals surface area contributed by atoms with Crippen LogP contribution in [0, 0.1) is 12.3 Å². The summed E-state index contributed by atoms with van der Waals surface area (Å²) < 4.78 is 7.08. The van der Waals surface area contributed by atoms with Gasteiger partial charge in [0.1, 0.15) is 11.4 Å². The van der Waals surface area contributed by atoms with Crippen LogP contribution in [0.1, 0.15) is 35.8 Å². The van der Waals surface area contributed by atoms with Crippen molar-refractivity contribution in [1.29, 1.82) is 0 Å². The van der Waals surface area contributed by atoms with Crippen molar-refractivity contribution in [3.05, 3.63) is 41.7 Å². The van der Waals surface area contributed by atoms with E-state index in [1.807, 2.05) is 25.1 Å². The lowest BCUT2D eigenvalue weighted by Gasteiger charge is -2.34. The number of hydrogen-bond acceptors (Lipinski definition) is 4. The number of rotatable bonds is 5. The zero-order valence-electron chi connectivity index (χ0n) is 15.5. The number of nitrogens with one attached hydrogen (secondary N) is 2. The van der Waals surface area contributed by atoms with Gasteiger partial charge in [-0.1, -0.05) is 13.0 Å². The lowest BCUT2D eigenvalue weighted by molar-refractivity contribution is 0.0917. The molecule has 2 aromatic rings. The number of nitrogens with zero attached hydrogens (tertiary/aromatic N) is 2. The summed E-state index contributed by atoms with van der Waals surface area (Å²) in [4.78, 5) is 12.5. The van der Waals surface area contributed by atoms with Crippen LogP contribution in [0.3, 0.4) is 0 Å². The Kier molecular flexibility index (Phi) is 6.67. The van der Waals surface area contributed by atoms with Crippen molar-refractivity contribution in [2.75, 3.05) is 26.7 Å². The van der Waals surface area contributed by atoms with Crippen LogP contribution in [0.15, 0.2) is 30.5 Å². The third-order valence-electron chi connectivity index (χ3n) is 4.89. The first-order valence-corrected chi connectivity index (χ1v) is 8.70. The summed E-state index contributed by atoms with van der Waals surface area (Å²) in [5.74, 6) is 0.591. The molecule has 26 heavy (non-hydrogen) atoms. The van der Waals surface area contributed by atoms with E-state index in [1.165, 1.54) is 0 Å². The van der Waals surface area contributed by atoms with Gasteiger partial charge in [-0.05, 0) is 62.0 Å². The van der Waals surface area contributed by atoms with E-state index in [0.717, 1.165) is 42.9 Å². The monoisotopic (exact) mass is 378 g/mol. The zero-order valence-corrected chi connectivity index (χ0v) is 16.4. The molecule has 0 unspecified atom stereocenters. The number of hydrogen-bond donors (Lipinski definition) is 2. The van der Waals surface area contributed by atoms with Gasteiger partial charge in [-0.15, -0.1) is 12.4 Å². The number of aromatic nitrogens is 2. The van der Waals surface area contributed by atoms with Gasteiger partial charge in [0, 0.05) is 12.7 Å². The third-order valence-corrected chi connectivity index (χ3v) is 4.89. The van der Waals surface area contributed by atoms with E-state index in [4.69, 9.17) is 4.74 Å². The fourth-order valence-corrected chi connectivity index (χ4v) is 3.15. The van der Waals surface area contributed by atoms with Crippen molar-refractivity contribution in [3.63, 3.8) is 0 Å². The number of piperidine rings is 1. The van der Waals surface area contributed by atoms with Gasteiger partial charge in [-0.25, -0.2) is 4.68 Å². The molecule has 1 aromatic heterocycles. The van der Waals surface area contributed by atoms with Crippen molar-refractivity contribution in [1.82, 2.24) is 20.4 Å². The van der Waals surface area contributed by atoms with Gasteiger partial charge in [0.15, 0.2) is 5.69 Å². The fourth-order valence-electron chi connectivity index (χ4n) is 3.15. The second-order valence-corrected chi connectivity index (χ2v) is 7.06. The molecular weight excluding hydrogens is 352 g/mol. The number of halogens is 1. The van der Waals surface area contributed by atoms with E-state index in [-0.39, 0.29) is 23.7 Å². The summed E-state index contributed by atoms with van der Waals surface area (Å²) in [5.41, 5.74) is 2.51. The van der Waals surface area contributed by atoms with Crippen LogP contribution in [0.2, 0.25) is 0 Å². The molecule has 0 atom stereocenters. The minimum absolute atomic E-state index is 0. The van der Waals surface area contributed by atoms with Crippen LogP contribution in [-0.2, 0) is 0 Å². The first-order valence-electron chi connectivity index (χ1n) is 8.70. The van der Waals surface area contributed by atoms with Crippen LogP contribution in [0.25, 0.3) is 5.69 Å². The van der Waals surface area contributed by atoms with Gasteiger partial charge < -0.3 is 15.4 Å². The molecule has 0 saturated carbocycles. The standard InChI is InChI=1S/C19H26N4O2.ClH/c1-14-4-5-17(25-3)16(12-14)23-11-6-15(22-23)18(24)21-13-19(2)7-9-20-10-8-19;/h4-6,11-12,20H,7-10,13H2,1-3H3,(H,21,24);1H. The van der Waals surface area contributed by atoms with Gasteiger partial charge in [-0.2, -0.15) is 5.10 Å². The molecule has 1 aliphatic rings. The quantitative estimate of drug-likeness (QED) is 0.839. The summed E-state index contributed by atoms with van der Waals surface area (Å²) in [6, 6.07) is 7.62. The minimum atomic E-state index is -0.134. The third kappa shape index (κ3) is 4.56. The summed E-state index contributed by atoms with van der Waals surface area (Å²) in [6.07, 6.45) is 3.93. The van der Waals surface area contributed by atoms with Crippen LogP contribution < -0.4 is 15.4 Å². The molecule has 2 heterocycles. The van der Waals surface area contributed by atoms with Crippen molar-refractivity contribution in [3.8, 4) is 11.4 Å². The van der Waals surface area contributed by atoms with E-state index in [0.29, 0.717) is 12.2 Å². The highest BCUT2D eigenvalue weighted by molar-refractivity contribution is 5.92. The molecule has 3 rings (SSSR count). The highest BCUT2D eigenvalue weighted by Crippen LogP contribution is 2.27. The van der Waals surface area contributed by atoms with Crippen LogP contribution in [0.4, 0.5) is 0 Å². The average molecular weight is 379 g/mol. The van der Waals surface area contributed by atoms with Crippen LogP contribution in [-0.4, -0.2) is 42.4 Å². The van der Waals surface area contributed by atoms with Crippen molar-refractivity contribution in [2.24, 2.45) is 5.41 Å². The van der Waals surface area contributed by atoms with E-state index in [9.17, 15) is 4.79 Å². The predicted molar refractivity (Wildman–Crippen MR) is 105 cm³/mol. The van der Waals surface area contributed by atoms with Gasteiger partial charge in [0.2, 0.25) is 0 Å². The van der Waals surface area contributed by atoms with Crippen molar-refractivity contribution < 1.29 is 9.53 Å². The highest BCUT2D eigenvalue weighted by atomic mass is 35.5. The summed E-state index contributed by atoms with van der Waals surface area (Å²) in [6.45, 7) is 6.93. The smallest absolute Gasteiger partial charge is 0.271 e. The van der Waals surface area contributed by atoms with Crippen LogP contribution >= 0.6 is 12.4 Å². The molecule has 1 aliphatic heterocycles. The second kappa shape index (κ2) is 8.56. The van der Waals surface area contributed by atoms with E-state index >= 15 is 0 Å². The maximum Gasteiger partial charge on any atom is 0.271 e. The molecule has 0 radical (unpaired) electrons. The number of carbonyl (C=O) groups excluding carboxylic acids is 1. The molecule has 0 aliphatic carbocycles. The maximum atomic E-state index is 12.5. The maximum absolute atomic E-state index is 12.5. The fraction of sp³-hybridized carbons (Fsp3) is 0.474. The van der Waals surface area contributed by atoms with E-state index < -0.39 is 0 Å². The Morgan fingerprint density at radius 1 is 1.35 bits per heavy atom. The number of amides is 1. The number of methoxy groups -OCH3 is 1. The Hall–Kier alpha value is -2.05. The molecule has 7 heteroatoms. The van der Waals surface area contributed by atoms with Gasteiger partial charge >= 0.3 is 0 Å². The average Bonchev–Trinajstić information content (AvgIpc) is 3.10. The minimum Gasteiger partial charge on any atom is -0.494 e. The molecule has 0 spiro atoms. The summed E-state index contributed by atoms with van der Waals surface area (Å²) in [7, 11) is 1.63. The lowest BCUT2D eigenvalue weighted by Crippen LogP contribution is -2.43. The van der Waals surface area contributed by atoms with Gasteiger partial charge in [0.05, 0.1) is 7.11 Å². The van der Waals surface area contributed by atoms with Gasteiger partial charge in [-0.3, -0.25) is 4.79 Å². The molecular formula is C19H27ClN4O2. The predicted octanol–water partition coefficient (Wildman–Crippen LogP) is 2.73. The molecule has 0 bridgehead atoms. The Labute approximate surface area is 160 Å². The Bertz CT molecular complexity index is 754. The molecule has 1 amide bonds. The Morgan fingerprint density at radius 2 is 2.08 bits per heavy atom. The largest absolute Gasteiger partial charge is 0.494 e. The molecule has 1 aromatic carbocycles. The lowest BCUT2D eigenvalue weighted by atomic mass is 9.81. The number of benzene rings is 1. The number of aryl methyl sites for hydroxylation is 1. The highest BCUT2D eigenvalue weighted by Gasteiger charge is 2.27. The van der Waals surface area contributed by atoms with E-state index in [2.05, 4.69) is 22.7 Å². The SMILES string of the molecule is COc1ccc(C)cc1-n1ccc(C(=O)NCC2(C)CCNCC2)n1.Cl. The van der Waals surface area contributed by atoms with Crippen molar-refractivity contribution in [2.45, 2.75) is 26.7 Å². The van der Waals surface area contributed by atoms with E-state index in [1.54, 1.807) is 24.1 Å². The Morgan fingerprint density at radius 3 is 2.77 bits per heavy atom. The number of carbonyl (C=O) groups is 1. The molecule has 1 saturated heterocycles. The zero-order chi connectivity index (χ0) is 17.9. The van der Waals surface area contributed by atoms with Crippen molar-refractivity contribution >= 4 is 18.3 Å². The Balaban J connectivity index is 0.00000243. The number of ether oxygens (including phenoxy) is 1. The summed E-state index contributed by atoms with van der Waals surface area (Å²) in [5, 5.41) is 10.8. The molecule has 2 N–H and O–H groups in total. The first-order chi connectivity index (χ1) is 12.0. The van der Waals surface area contributed by atoms with Gasteiger partial charge in [0.25, 0.3) is 5.91 Å².